The van der Waals surface area contributed by atoms with E-state index in [1.165, 1.54) is 6.26 Å². The number of furan rings is 1. The number of amides is 2. The Labute approximate surface area is 155 Å². The highest BCUT2D eigenvalue weighted by Gasteiger charge is 2.17. The normalized spacial score (nSPS) is 10.4. The van der Waals surface area contributed by atoms with Gasteiger partial charge in [0.15, 0.2) is 17.4 Å². The molecular weight excluding hydrogens is 378 g/mol. The first-order valence-corrected chi connectivity index (χ1v) is 8.47. The molecule has 0 radical (unpaired) electrons. The number of rotatable bonds is 5. The lowest BCUT2D eigenvalue weighted by Crippen LogP contribution is -2.34. The summed E-state index contributed by atoms with van der Waals surface area (Å²) in [4.78, 5) is 36.8. The molecule has 0 bridgehead atoms. The molecule has 2 amide bonds. The summed E-state index contributed by atoms with van der Waals surface area (Å²) in [6.07, 6.45) is 1.40. The van der Waals surface area contributed by atoms with E-state index in [9.17, 15) is 23.2 Å². The van der Waals surface area contributed by atoms with E-state index in [0.29, 0.717) is 9.75 Å². The van der Waals surface area contributed by atoms with Crippen LogP contribution in [0.1, 0.15) is 20.3 Å². The molecule has 0 spiro atoms. The van der Waals surface area contributed by atoms with Gasteiger partial charge >= 0.3 is 11.8 Å². The molecule has 9 heteroatoms. The van der Waals surface area contributed by atoms with Crippen LogP contribution in [-0.2, 0) is 16.1 Å². The Kier molecular flexibility index (Phi) is 5.41. The highest BCUT2D eigenvalue weighted by atomic mass is 32.1. The van der Waals surface area contributed by atoms with E-state index in [1.54, 1.807) is 24.3 Å². The van der Waals surface area contributed by atoms with Crippen LogP contribution in [-0.4, -0.2) is 17.6 Å². The Bertz CT molecular complexity index is 999. The van der Waals surface area contributed by atoms with Gasteiger partial charge < -0.3 is 15.1 Å². The summed E-state index contributed by atoms with van der Waals surface area (Å²) >= 11 is 1.15. The number of thiophene rings is 1. The standard InChI is InChI=1S/C18H12F2N2O4S/c19-12-5-3-10(8-13(12)20)22-18(25)17(24)21-9-11-4-6-15(27-11)16(23)14-2-1-7-26-14/h1-8H,9H2,(H,21,24)(H,22,25). The van der Waals surface area contributed by atoms with Gasteiger partial charge in [0.05, 0.1) is 17.7 Å². The SMILES string of the molecule is O=C(NCc1ccc(C(=O)c2ccco2)s1)C(=O)Nc1ccc(F)c(F)c1. The largest absolute Gasteiger partial charge is 0.461 e. The van der Waals surface area contributed by atoms with E-state index in [4.69, 9.17) is 4.42 Å². The number of anilines is 1. The minimum Gasteiger partial charge on any atom is -0.461 e. The van der Waals surface area contributed by atoms with Gasteiger partial charge in [-0.1, -0.05) is 0 Å². The number of benzene rings is 1. The molecule has 2 heterocycles. The van der Waals surface area contributed by atoms with Crippen LogP contribution < -0.4 is 10.6 Å². The zero-order valence-electron chi connectivity index (χ0n) is 13.6. The van der Waals surface area contributed by atoms with E-state index in [0.717, 1.165) is 29.5 Å². The summed E-state index contributed by atoms with van der Waals surface area (Å²) in [5.74, 6) is -4.25. The minimum absolute atomic E-state index is 0.0279. The zero-order chi connectivity index (χ0) is 19.4. The molecular formula is C18H12F2N2O4S. The quantitative estimate of drug-likeness (QED) is 0.518. The van der Waals surface area contributed by atoms with Crippen LogP contribution in [0, 0.1) is 11.6 Å². The molecule has 0 saturated carbocycles. The van der Waals surface area contributed by atoms with Crippen molar-refractivity contribution in [3.63, 3.8) is 0 Å². The zero-order valence-corrected chi connectivity index (χ0v) is 14.4. The van der Waals surface area contributed by atoms with Gasteiger partial charge in [0.2, 0.25) is 5.78 Å². The average molecular weight is 390 g/mol. The lowest BCUT2D eigenvalue weighted by atomic mass is 10.2. The second kappa shape index (κ2) is 7.92. The predicted molar refractivity (Wildman–Crippen MR) is 93.3 cm³/mol. The second-order valence-electron chi connectivity index (χ2n) is 5.34. The van der Waals surface area contributed by atoms with Crippen molar-refractivity contribution in [2.24, 2.45) is 0 Å². The highest BCUT2D eigenvalue weighted by molar-refractivity contribution is 7.14. The molecule has 0 aliphatic rings. The van der Waals surface area contributed by atoms with E-state index < -0.39 is 23.4 Å². The van der Waals surface area contributed by atoms with Gasteiger partial charge in [0.25, 0.3) is 0 Å². The first-order chi connectivity index (χ1) is 12.9. The third-order valence-electron chi connectivity index (χ3n) is 3.44. The molecule has 27 heavy (non-hydrogen) atoms. The Hall–Kier alpha value is -3.33. The summed E-state index contributed by atoms with van der Waals surface area (Å²) in [6, 6.07) is 9.14. The van der Waals surface area contributed by atoms with Crippen LogP contribution in [0.5, 0.6) is 0 Å². The lowest BCUT2D eigenvalue weighted by molar-refractivity contribution is -0.136. The monoisotopic (exact) mass is 390 g/mol. The van der Waals surface area contributed by atoms with Gasteiger partial charge in [-0.25, -0.2) is 8.78 Å². The lowest BCUT2D eigenvalue weighted by Gasteiger charge is -2.06. The van der Waals surface area contributed by atoms with Crippen molar-refractivity contribution in [2.75, 3.05) is 5.32 Å². The Morgan fingerprint density at radius 2 is 1.81 bits per heavy atom. The Balaban J connectivity index is 1.55. The molecule has 2 N–H and O–H groups in total. The second-order valence-corrected chi connectivity index (χ2v) is 6.51. The third kappa shape index (κ3) is 4.45. The van der Waals surface area contributed by atoms with Crippen molar-refractivity contribution in [1.82, 2.24) is 5.32 Å². The molecule has 6 nitrogen and oxygen atoms in total. The molecule has 138 valence electrons. The van der Waals surface area contributed by atoms with Crippen LogP contribution in [0.3, 0.4) is 0 Å². The maximum atomic E-state index is 13.1. The van der Waals surface area contributed by atoms with Crippen molar-refractivity contribution in [3.8, 4) is 0 Å². The highest BCUT2D eigenvalue weighted by Crippen LogP contribution is 2.20. The molecule has 0 aliphatic heterocycles. The van der Waals surface area contributed by atoms with Crippen LogP contribution in [0.2, 0.25) is 0 Å². The molecule has 0 unspecified atom stereocenters. The molecule has 0 atom stereocenters. The summed E-state index contributed by atoms with van der Waals surface area (Å²) < 4.78 is 31.0. The van der Waals surface area contributed by atoms with Crippen molar-refractivity contribution < 1.29 is 27.6 Å². The van der Waals surface area contributed by atoms with Crippen molar-refractivity contribution in [3.05, 3.63) is 75.9 Å². The molecule has 0 saturated heterocycles. The fourth-order valence-electron chi connectivity index (χ4n) is 2.13. The molecule has 3 rings (SSSR count). The molecule has 3 aromatic rings. The number of carbonyl (C=O) groups is 3. The van der Waals surface area contributed by atoms with E-state index >= 15 is 0 Å². The van der Waals surface area contributed by atoms with Gasteiger partial charge in [-0.2, -0.15) is 0 Å². The van der Waals surface area contributed by atoms with E-state index in [-0.39, 0.29) is 23.8 Å². The Morgan fingerprint density at radius 1 is 1.00 bits per heavy atom. The van der Waals surface area contributed by atoms with E-state index in [2.05, 4.69) is 10.6 Å². The van der Waals surface area contributed by atoms with Gasteiger partial charge in [-0.15, -0.1) is 11.3 Å². The molecule has 2 aromatic heterocycles. The van der Waals surface area contributed by atoms with E-state index in [1.807, 2.05) is 0 Å². The Morgan fingerprint density at radius 3 is 2.52 bits per heavy atom. The van der Waals surface area contributed by atoms with Gasteiger partial charge in [-0.05, 0) is 36.4 Å². The minimum atomic E-state index is -1.14. The van der Waals surface area contributed by atoms with Crippen LogP contribution >= 0.6 is 11.3 Å². The summed E-state index contributed by atoms with van der Waals surface area (Å²) in [5.41, 5.74) is -0.0449. The fraction of sp³-hybridized carbons (Fsp3) is 0.0556. The summed E-state index contributed by atoms with van der Waals surface area (Å²) in [5, 5.41) is 4.56. The smallest absolute Gasteiger partial charge is 0.313 e. The maximum Gasteiger partial charge on any atom is 0.313 e. The first-order valence-electron chi connectivity index (χ1n) is 7.65. The maximum absolute atomic E-state index is 13.1. The van der Waals surface area contributed by atoms with Crippen LogP contribution in [0.4, 0.5) is 14.5 Å². The first kappa shape index (κ1) is 18.5. The topological polar surface area (TPSA) is 88.4 Å². The van der Waals surface area contributed by atoms with Crippen LogP contribution in [0.25, 0.3) is 0 Å². The summed E-state index contributed by atoms with van der Waals surface area (Å²) in [6.45, 7) is 0.0279. The van der Waals surface area contributed by atoms with Crippen molar-refractivity contribution in [2.45, 2.75) is 6.54 Å². The molecule has 1 aromatic carbocycles. The number of hydrogen-bond donors (Lipinski definition) is 2. The van der Waals surface area contributed by atoms with Crippen molar-refractivity contribution >= 4 is 34.6 Å². The average Bonchev–Trinajstić information content (AvgIpc) is 3.34. The number of hydrogen-bond acceptors (Lipinski definition) is 5. The number of halogens is 2. The fourth-order valence-corrected chi connectivity index (χ4v) is 3.03. The summed E-state index contributed by atoms with van der Waals surface area (Å²) in [7, 11) is 0. The number of nitrogens with one attached hydrogen (secondary N) is 2. The molecule has 0 fully saturated rings. The van der Waals surface area contributed by atoms with Gasteiger partial charge in [-0.3, -0.25) is 14.4 Å². The van der Waals surface area contributed by atoms with Crippen LogP contribution in [0.15, 0.2) is 53.1 Å². The van der Waals surface area contributed by atoms with Crippen molar-refractivity contribution in [1.29, 1.82) is 0 Å². The van der Waals surface area contributed by atoms with Gasteiger partial charge in [0.1, 0.15) is 0 Å². The predicted octanol–water partition coefficient (Wildman–Crippen LogP) is 3.11. The van der Waals surface area contributed by atoms with Gasteiger partial charge in [0, 0.05) is 16.6 Å². The third-order valence-corrected chi connectivity index (χ3v) is 4.52. The molecule has 0 aliphatic carbocycles. The number of ketones is 1. The number of carbonyl (C=O) groups excluding carboxylic acids is 3.